The fourth-order valence-electron chi connectivity index (χ4n) is 3.20. The predicted molar refractivity (Wildman–Crippen MR) is 112 cm³/mol. The van der Waals surface area contributed by atoms with Gasteiger partial charge < -0.3 is 18.9 Å². The van der Waals surface area contributed by atoms with Crippen LogP contribution >= 0.6 is 0 Å². The van der Waals surface area contributed by atoms with Gasteiger partial charge in [0.2, 0.25) is 5.75 Å². The van der Waals surface area contributed by atoms with Crippen LogP contribution in [-0.2, 0) is 0 Å². The first-order valence-electron chi connectivity index (χ1n) is 9.15. The van der Waals surface area contributed by atoms with Gasteiger partial charge in [-0.25, -0.2) is 0 Å². The molecular weight excluding hydrogens is 354 g/mol. The average Bonchev–Trinajstić information content (AvgIpc) is 2.99. The fraction of sp³-hybridized carbons (Fsp3) is 0.261. The normalized spacial score (nSPS) is 15.6. The second kappa shape index (κ2) is 9.13. The second-order valence-electron chi connectivity index (χ2n) is 6.12. The molecule has 28 heavy (non-hydrogen) atoms. The summed E-state index contributed by atoms with van der Waals surface area (Å²) in [5.74, 6) is 2.64. The number of nitrogens with zero attached hydrogens (tertiary/aromatic N) is 1. The Morgan fingerprint density at radius 1 is 0.893 bits per heavy atom. The fourth-order valence-corrected chi connectivity index (χ4v) is 3.20. The molecule has 0 saturated heterocycles. The second-order valence-corrected chi connectivity index (χ2v) is 6.12. The summed E-state index contributed by atoms with van der Waals surface area (Å²) in [7, 11) is 4.83. The zero-order chi connectivity index (χ0) is 19.9. The first-order valence-corrected chi connectivity index (χ1v) is 9.15. The Morgan fingerprint density at radius 2 is 1.57 bits per heavy atom. The van der Waals surface area contributed by atoms with Crippen molar-refractivity contribution < 1.29 is 18.9 Å². The Morgan fingerprint density at radius 3 is 2.14 bits per heavy atom. The highest BCUT2D eigenvalue weighted by Gasteiger charge is 2.21. The molecule has 0 N–H and O–H groups in total. The molecule has 5 nitrogen and oxygen atoms in total. The molecule has 1 atom stereocenters. The Labute approximate surface area is 165 Å². The van der Waals surface area contributed by atoms with Crippen molar-refractivity contribution in [3.63, 3.8) is 0 Å². The molecule has 2 aromatic rings. The molecule has 1 heterocycles. The number of methoxy groups -OCH3 is 3. The van der Waals surface area contributed by atoms with Gasteiger partial charge in [-0.15, -0.1) is 0 Å². The minimum Gasteiger partial charge on any atom is -0.494 e. The lowest BCUT2D eigenvalue weighted by Crippen LogP contribution is -2.02. The van der Waals surface area contributed by atoms with Gasteiger partial charge in [-0.3, -0.25) is 4.99 Å². The number of hydrogen-bond donors (Lipinski definition) is 0. The molecule has 2 aromatic carbocycles. The number of allylic oxidation sites excluding steroid dienone is 3. The Bertz CT molecular complexity index is 872. The zero-order valence-corrected chi connectivity index (χ0v) is 16.6. The summed E-state index contributed by atoms with van der Waals surface area (Å²) < 4.78 is 22.0. The summed E-state index contributed by atoms with van der Waals surface area (Å²) >= 11 is 0. The smallest absolute Gasteiger partial charge is 0.203 e. The van der Waals surface area contributed by atoms with E-state index in [0.29, 0.717) is 23.9 Å². The largest absolute Gasteiger partial charge is 0.494 e. The van der Waals surface area contributed by atoms with Crippen molar-refractivity contribution in [1.82, 2.24) is 0 Å². The van der Waals surface area contributed by atoms with Gasteiger partial charge in [0, 0.05) is 6.21 Å². The van der Waals surface area contributed by atoms with Gasteiger partial charge in [0.05, 0.1) is 27.9 Å². The van der Waals surface area contributed by atoms with Crippen molar-refractivity contribution in [3.05, 3.63) is 65.8 Å². The quantitative estimate of drug-likeness (QED) is 0.688. The lowest BCUT2D eigenvalue weighted by molar-refractivity contribution is 0.324. The van der Waals surface area contributed by atoms with Crippen LogP contribution in [0.25, 0.3) is 5.57 Å². The molecule has 0 aliphatic carbocycles. The summed E-state index contributed by atoms with van der Waals surface area (Å²) in [4.78, 5) is 4.75. The van der Waals surface area contributed by atoms with Crippen LogP contribution in [0.3, 0.4) is 0 Å². The SMILES string of the molecule is CCOc1ccc(C2N=CC=CC=C2c2cc(OC)c(OC)c(OC)c2)cc1. The van der Waals surface area contributed by atoms with E-state index in [1.54, 1.807) is 21.3 Å². The molecule has 1 aliphatic rings. The van der Waals surface area contributed by atoms with Gasteiger partial charge in [-0.2, -0.15) is 0 Å². The topological polar surface area (TPSA) is 49.3 Å². The maximum atomic E-state index is 5.56. The average molecular weight is 379 g/mol. The maximum absolute atomic E-state index is 5.56. The first-order chi connectivity index (χ1) is 13.7. The van der Waals surface area contributed by atoms with E-state index in [9.17, 15) is 0 Å². The highest BCUT2D eigenvalue weighted by atomic mass is 16.5. The minimum absolute atomic E-state index is 0.159. The molecule has 1 aliphatic heterocycles. The molecule has 0 bridgehead atoms. The third-order valence-corrected chi connectivity index (χ3v) is 4.51. The van der Waals surface area contributed by atoms with Crippen LogP contribution in [0.5, 0.6) is 23.0 Å². The molecular formula is C23H25NO4. The standard InChI is InChI=1S/C23H25NO4/c1-5-28-18-11-9-16(10-12-18)22-19(8-6-7-13-24-22)17-14-20(25-2)23(27-4)21(15-17)26-3/h6-15,22H,5H2,1-4H3. The Balaban J connectivity index is 2.06. The first kappa shape index (κ1) is 19.5. The minimum atomic E-state index is -0.159. The van der Waals surface area contributed by atoms with E-state index in [0.717, 1.165) is 22.4 Å². The van der Waals surface area contributed by atoms with E-state index in [-0.39, 0.29) is 6.04 Å². The van der Waals surface area contributed by atoms with E-state index in [4.69, 9.17) is 23.9 Å². The van der Waals surface area contributed by atoms with Crippen molar-refractivity contribution in [3.8, 4) is 23.0 Å². The Hall–Kier alpha value is -3.21. The van der Waals surface area contributed by atoms with Gasteiger partial charge in [0.15, 0.2) is 11.5 Å². The molecule has 0 amide bonds. The molecule has 5 heteroatoms. The van der Waals surface area contributed by atoms with Crippen molar-refractivity contribution in [2.24, 2.45) is 4.99 Å². The van der Waals surface area contributed by atoms with Gasteiger partial charge >= 0.3 is 0 Å². The molecule has 3 rings (SSSR count). The monoisotopic (exact) mass is 379 g/mol. The van der Waals surface area contributed by atoms with Gasteiger partial charge in [-0.05, 0) is 54.0 Å². The van der Waals surface area contributed by atoms with Crippen LogP contribution in [0.15, 0.2) is 59.6 Å². The molecule has 1 unspecified atom stereocenters. The summed E-state index contributed by atoms with van der Waals surface area (Å²) in [6.45, 7) is 2.61. The molecule has 0 saturated carbocycles. The zero-order valence-electron chi connectivity index (χ0n) is 16.6. The number of hydrogen-bond acceptors (Lipinski definition) is 5. The molecule has 0 aromatic heterocycles. The number of ether oxygens (including phenoxy) is 4. The van der Waals surface area contributed by atoms with Crippen molar-refractivity contribution in [2.45, 2.75) is 13.0 Å². The number of rotatable bonds is 7. The maximum Gasteiger partial charge on any atom is 0.203 e. The van der Waals surface area contributed by atoms with E-state index in [2.05, 4.69) is 6.08 Å². The molecule has 0 radical (unpaired) electrons. The summed E-state index contributed by atoms with van der Waals surface area (Å²) in [6.07, 6.45) is 7.79. The summed E-state index contributed by atoms with van der Waals surface area (Å²) in [5.41, 5.74) is 3.06. The van der Waals surface area contributed by atoms with E-state index in [1.807, 2.05) is 61.7 Å². The summed E-state index contributed by atoms with van der Waals surface area (Å²) in [6, 6.07) is 11.8. The van der Waals surface area contributed by atoms with E-state index in [1.165, 1.54) is 0 Å². The highest BCUT2D eigenvalue weighted by molar-refractivity contribution is 5.82. The third-order valence-electron chi connectivity index (χ3n) is 4.51. The molecule has 0 spiro atoms. The lowest BCUT2D eigenvalue weighted by Gasteiger charge is -2.20. The number of benzene rings is 2. The van der Waals surface area contributed by atoms with Crippen LogP contribution in [0.1, 0.15) is 24.1 Å². The summed E-state index contributed by atoms with van der Waals surface area (Å²) in [5, 5.41) is 0. The van der Waals surface area contributed by atoms with Crippen LogP contribution < -0.4 is 18.9 Å². The van der Waals surface area contributed by atoms with Crippen LogP contribution in [0.2, 0.25) is 0 Å². The van der Waals surface area contributed by atoms with E-state index < -0.39 is 0 Å². The van der Waals surface area contributed by atoms with Gasteiger partial charge in [0.25, 0.3) is 0 Å². The van der Waals surface area contributed by atoms with Crippen LogP contribution in [0, 0.1) is 0 Å². The molecule has 0 fully saturated rings. The van der Waals surface area contributed by atoms with Crippen molar-refractivity contribution in [2.75, 3.05) is 27.9 Å². The molecule has 146 valence electrons. The van der Waals surface area contributed by atoms with Crippen molar-refractivity contribution >= 4 is 11.8 Å². The predicted octanol–water partition coefficient (Wildman–Crippen LogP) is 4.88. The van der Waals surface area contributed by atoms with Crippen molar-refractivity contribution in [1.29, 1.82) is 0 Å². The van der Waals surface area contributed by atoms with Crippen LogP contribution in [0.4, 0.5) is 0 Å². The van der Waals surface area contributed by atoms with Crippen LogP contribution in [-0.4, -0.2) is 34.2 Å². The third kappa shape index (κ3) is 4.03. The highest BCUT2D eigenvalue weighted by Crippen LogP contribution is 2.43. The number of aliphatic imine (C=N–C) groups is 1. The lowest BCUT2D eigenvalue weighted by atomic mass is 9.92. The Kier molecular flexibility index (Phi) is 6.37. The van der Waals surface area contributed by atoms with Gasteiger partial charge in [0.1, 0.15) is 11.8 Å². The van der Waals surface area contributed by atoms with Gasteiger partial charge in [-0.1, -0.05) is 24.3 Å². The van der Waals surface area contributed by atoms with E-state index >= 15 is 0 Å².